The van der Waals surface area contributed by atoms with Gasteiger partial charge in [-0.15, -0.1) is 0 Å². The summed E-state index contributed by atoms with van der Waals surface area (Å²) in [5.74, 6) is 0. The van der Waals surface area contributed by atoms with E-state index in [9.17, 15) is 5.21 Å². The van der Waals surface area contributed by atoms with E-state index in [-0.39, 0.29) is 22.9 Å². The van der Waals surface area contributed by atoms with Crippen molar-refractivity contribution in [1.82, 2.24) is 5.16 Å². The predicted octanol–water partition coefficient (Wildman–Crippen LogP) is -0.674. The zero-order valence-electron chi connectivity index (χ0n) is 5.77. The maximum atomic E-state index is 10.6. The fourth-order valence-corrected chi connectivity index (χ4v) is 0.613. The quantitative estimate of drug-likeness (QED) is 0.528. The maximum absolute atomic E-state index is 10.6. The highest BCUT2D eigenvalue weighted by molar-refractivity contribution is 5.18. The molecule has 58 valence electrons. The Morgan fingerprint density at radius 2 is 2.64 bits per heavy atom. The number of nitrogens with zero attached hydrogens (tertiary/aromatic N) is 3. The lowest BCUT2D eigenvalue weighted by molar-refractivity contribution is -0.804. The molecule has 0 bridgehead atoms. The van der Waals surface area contributed by atoms with Crippen LogP contribution in [0.1, 0.15) is 11.4 Å². The molecule has 6 nitrogen and oxygen atoms in total. The van der Waals surface area contributed by atoms with Crippen LogP contribution in [-0.4, -0.2) is 12.3 Å². The Morgan fingerprint density at radius 3 is 3.18 bits per heavy atom. The van der Waals surface area contributed by atoms with Gasteiger partial charge in [0.25, 0.3) is 11.4 Å². The minimum atomic E-state index is -0.160. The Kier molecular flexibility index (Phi) is 2.03. The molecule has 11 heavy (non-hydrogen) atoms. The largest absolute Gasteiger partial charge is 0.376 e. The van der Waals surface area contributed by atoms with Gasteiger partial charge in [-0.25, -0.2) is 0 Å². The third-order valence-electron chi connectivity index (χ3n) is 1.07. The summed E-state index contributed by atoms with van der Waals surface area (Å²) in [5.41, 5.74) is 0.0526. The summed E-state index contributed by atoms with van der Waals surface area (Å²) < 4.78 is 8.81. The van der Waals surface area contributed by atoms with E-state index in [0.29, 0.717) is 0 Å². The molecule has 1 rings (SSSR count). The summed E-state index contributed by atoms with van der Waals surface area (Å²) >= 11 is 0. The first-order valence-corrected chi connectivity index (χ1v) is 2.77. The van der Waals surface area contributed by atoms with Gasteiger partial charge in [-0.2, -0.15) is 5.26 Å². The second kappa shape index (κ2) is 2.98. The van der Waals surface area contributed by atoms with Gasteiger partial charge in [0, 0.05) is 12.3 Å². The van der Waals surface area contributed by atoms with E-state index >= 15 is 0 Å². The molecule has 0 fully saturated rings. The molecule has 0 aromatic carbocycles. The number of hydrogen-bond acceptors (Lipinski definition) is 5. The van der Waals surface area contributed by atoms with E-state index in [1.54, 1.807) is 6.07 Å². The summed E-state index contributed by atoms with van der Waals surface area (Å²) in [6, 6.07) is 1.64. The van der Waals surface area contributed by atoms with Crippen LogP contribution in [0, 0.1) is 16.5 Å². The van der Waals surface area contributed by atoms with Crippen molar-refractivity contribution >= 4 is 0 Å². The van der Waals surface area contributed by atoms with Crippen molar-refractivity contribution < 1.29 is 14.3 Å². The molecule has 0 spiro atoms. The van der Waals surface area contributed by atoms with Gasteiger partial charge in [0.15, 0.2) is 6.07 Å². The smallest absolute Gasteiger partial charge is 0.300 e. The van der Waals surface area contributed by atoms with Crippen LogP contribution in [-0.2, 0) is 11.3 Å². The first-order chi connectivity index (χ1) is 5.29. The second-order valence-corrected chi connectivity index (χ2v) is 1.77. The highest BCUT2D eigenvalue weighted by atomic mass is 16.8. The summed E-state index contributed by atoms with van der Waals surface area (Å²) in [5, 5.41) is 22.2. The number of ether oxygens (including phenoxy) is 1. The van der Waals surface area contributed by atoms with Crippen molar-refractivity contribution in [1.29, 1.82) is 5.26 Å². The molecule has 0 radical (unpaired) electrons. The van der Waals surface area contributed by atoms with Crippen molar-refractivity contribution in [2.45, 2.75) is 6.61 Å². The van der Waals surface area contributed by atoms with E-state index in [0.717, 1.165) is 0 Å². The molecule has 1 aromatic rings. The van der Waals surface area contributed by atoms with Crippen molar-refractivity contribution in [3.8, 4) is 6.07 Å². The Morgan fingerprint density at radius 1 is 1.91 bits per heavy atom. The summed E-state index contributed by atoms with van der Waals surface area (Å²) in [4.78, 5) is 0.0500. The molecule has 0 aliphatic heterocycles. The van der Waals surface area contributed by atoms with Crippen LogP contribution in [0.5, 0.6) is 0 Å². The van der Waals surface area contributed by atoms with Gasteiger partial charge in [0.1, 0.15) is 6.61 Å². The zero-order chi connectivity index (χ0) is 8.27. The molecule has 1 heterocycles. The normalized spacial score (nSPS) is 9.45. The van der Waals surface area contributed by atoms with Gasteiger partial charge in [0.05, 0.1) is 0 Å². The van der Waals surface area contributed by atoms with E-state index in [1.165, 1.54) is 7.11 Å². The zero-order valence-corrected chi connectivity index (χ0v) is 5.77. The van der Waals surface area contributed by atoms with Crippen LogP contribution in [0.3, 0.4) is 0 Å². The fraction of sp³-hybridized carbons (Fsp3) is 0.400. The molecule has 0 saturated heterocycles. The van der Waals surface area contributed by atoms with Crippen LogP contribution < -0.4 is 4.90 Å². The van der Waals surface area contributed by atoms with Gasteiger partial charge in [-0.05, 0) is 4.90 Å². The minimum Gasteiger partial charge on any atom is -0.376 e. The lowest BCUT2D eigenvalue weighted by Gasteiger charge is -1.85. The van der Waals surface area contributed by atoms with Crippen LogP contribution in [0.2, 0.25) is 0 Å². The highest BCUT2D eigenvalue weighted by Crippen LogP contribution is 1.99. The van der Waals surface area contributed by atoms with Crippen LogP contribution >= 0.6 is 0 Å². The van der Waals surface area contributed by atoms with Crippen molar-refractivity contribution in [3.05, 3.63) is 16.6 Å². The summed E-state index contributed by atoms with van der Waals surface area (Å²) in [6.07, 6.45) is 0. The van der Waals surface area contributed by atoms with Crippen LogP contribution in [0.4, 0.5) is 0 Å². The monoisotopic (exact) mass is 155 g/mol. The topological polar surface area (TPSA) is 86.0 Å². The number of rotatable bonds is 2. The Balaban J connectivity index is 2.98. The number of methoxy groups -OCH3 is 1. The Hall–Kier alpha value is -1.61. The van der Waals surface area contributed by atoms with Crippen molar-refractivity contribution in [3.63, 3.8) is 0 Å². The average Bonchev–Trinajstić information content (AvgIpc) is 2.33. The third-order valence-corrected chi connectivity index (χ3v) is 1.07. The number of nitriles is 1. The minimum absolute atomic E-state index is 0.0500. The fourth-order valence-electron chi connectivity index (χ4n) is 0.613. The van der Waals surface area contributed by atoms with Crippen molar-refractivity contribution in [2.75, 3.05) is 7.11 Å². The number of aromatic nitrogens is 2. The summed E-state index contributed by atoms with van der Waals surface area (Å²) in [6.45, 7) is 0.0988. The molecule has 0 aliphatic carbocycles. The highest BCUT2D eigenvalue weighted by Gasteiger charge is 2.17. The molecular formula is C5H5N3O3. The maximum Gasteiger partial charge on any atom is 0.300 e. The molecule has 1 aromatic heterocycles. The molecule has 0 saturated carbocycles. The number of hydrogen-bond donors (Lipinski definition) is 0. The molecule has 0 amide bonds. The standard InChI is InChI=1S/C5H5N3O3/c1-10-3-4-5(2-6)8(9)11-7-4/h3H2,1H3. The second-order valence-electron chi connectivity index (χ2n) is 1.77. The molecule has 0 unspecified atom stereocenters. The molecule has 0 N–H and O–H groups in total. The van der Waals surface area contributed by atoms with E-state index in [4.69, 9.17) is 5.26 Å². The lowest BCUT2D eigenvalue weighted by Crippen LogP contribution is -2.26. The van der Waals surface area contributed by atoms with Gasteiger partial charge in [0.2, 0.25) is 0 Å². The molecular weight excluding hydrogens is 150 g/mol. The van der Waals surface area contributed by atoms with E-state index in [2.05, 4.69) is 14.5 Å². The SMILES string of the molecule is COCc1no[n+]([O-])c1C#N. The van der Waals surface area contributed by atoms with E-state index < -0.39 is 0 Å². The van der Waals surface area contributed by atoms with Gasteiger partial charge < -0.3 is 9.94 Å². The van der Waals surface area contributed by atoms with Gasteiger partial charge in [-0.1, -0.05) is 0 Å². The van der Waals surface area contributed by atoms with Gasteiger partial charge >= 0.3 is 0 Å². The van der Waals surface area contributed by atoms with E-state index in [1.807, 2.05) is 0 Å². The Labute approximate surface area is 62.1 Å². The van der Waals surface area contributed by atoms with Crippen molar-refractivity contribution in [2.24, 2.45) is 0 Å². The molecule has 6 heteroatoms. The Bertz CT molecular complexity index is 288. The first-order valence-electron chi connectivity index (χ1n) is 2.77. The molecule has 0 atom stereocenters. The van der Waals surface area contributed by atoms with Crippen LogP contribution in [0.15, 0.2) is 4.63 Å². The molecule has 0 aliphatic rings. The van der Waals surface area contributed by atoms with Crippen LogP contribution in [0.25, 0.3) is 0 Å². The van der Waals surface area contributed by atoms with Gasteiger partial charge in [-0.3, -0.25) is 4.63 Å². The lowest BCUT2D eigenvalue weighted by atomic mass is 10.3. The summed E-state index contributed by atoms with van der Waals surface area (Å²) in [7, 11) is 1.44. The predicted molar refractivity (Wildman–Crippen MR) is 30.9 cm³/mol. The average molecular weight is 155 g/mol. The first kappa shape index (κ1) is 7.50. The third kappa shape index (κ3) is 1.28.